The zero-order valence-electron chi connectivity index (χ0n) is 11.5. The van der Waals surface area contributed by atoms with Gasteiger partial charge < -0.3 is 10.4 Å². The second kappa shape index (κ2) is 6.10. The van der Waals surface area contributed by atoms with E-state index in [0.29, 0.717) is 18.8 Å². The molecule has 2 atom stereocenters. The van der Waals surface area contributed by atoms with Crippen LogP contribution in [0.1, 0.15) is 43.0 Å². The molecule has 1 aromatic rings. The van der Waals surface area contributed by atoms with Gasteiger partial charge in [-0.2, -0.15) is 0 Å². The molecule has 1 aliphatic rings. The lowest BCUT2D eigenvalue weighted by atomic mass is 9.76. The van der Waals surface area contributed by atoms with Crippen molar-refractivity contribution in [1.82, 2.24) is 5.32 Å². The molecule has 1 aliphatic carbocycles. The van der Waals surface area contributed by atoms with E-state index < -0.39 is 17.3 Å². The summed E-state index contributed by atoms with van der Waals surface area (Å²) >= 11 is 5.90. The molecule has 0 aromatic heterocycles. The maximum absolute atomic E-state index is 13.8. The van der Waals surface area contributed by atoms with Gasteiger partial charge in [0.1, 0.15) is 5.82 Å². The Balaban J connectivity index is 2.21. The highest BCUT2D eigenvalue weighted by Gasteiger charge is 2.36. The largest absolute Gasteiger partial charge is 0.394 e. The van der Waals surface area contributed by atoms with Gasteiger partial charge >= 0.3 is 0 Å². The van der Waals surface area contributed by atoms with Gasteiger partial charge in [-0.25, -0.2) is 4.39 Å². The summed E-state index contributed by atoms with van der Waals surface area (Å²) < 4.78 is 13.8. The molecule has 1 fully saturated rings. The SMILES string of the molecule is CC1CCCC(CO)(NC(=O)c2c(F)cccc2Cl)C1. The van der Waals surface area contributed by atoms with E-state index in [1.54, 1.807) is 0 Å². The van der Waals surface area contributed by atoms with Gasteiger partial charge in [-0.05, 0) is 30.9 Å². The summed E-state index contributed by atoms with van der Waals surface area (Å²) in [5, 5.41) is 12.5. The first kappa shape index (κ1) is 15.3. The van der Waals surface area contributed by atoms with E-state index in [0.717, 1.165) is 12.8 Å². The monoisotopic (exact) mass is 299 g/mol. The van der Waals surface area contributed by atoms with E-state index in [2.05, 4.69) is 12.2 Å². The van der Waals surface area contributed by atoms with Gasteiger partial charge in [0.2, 0.25) is 0 Å². The molecule has 2 N–H and O–H groups in total. The summed E-state index contributed by atoms with van der Waals surface area (Å²) in [5.41, 5.74) is -0.819. The topological polar surface area (TPSA) is 49.3 Å². The summed E-state index contributed by atoms with van der Waals surface area (Å²) in [5.74, 6) is -0.782. The molecule has 0 saturated heterocycles. The van der Waals surface area contributed by atoms with Crippen molar-refractivity contribution in [3.8, 4) is 0 Å². The number of nitrogens with one attached hydrogen (secondary N) is 1. The van der Waals surface area contributed by atoms with Crippen LogP contribution < -0.4 is 5.32 Å². The Kier molecular flexibility index (Phi) is 4.66. The standard InChI is InChI=1S/C15H19ClFNO2/c1-10-4-3-7-15(8-10,9-19)18-14(20)13-11(16)5-2-6-12(13)17/h2,5-6,10,19H,3-4,7-9H2,1H3,(H,18,20). The molecular formula is C15H19ClFNO2. The molecule has 0 radical (unpaired) electrons. The van der Waals surface area contributed by atoms with Crippen molar-refractivity contribution in [1.29, 1.82) is 0 Å². The molecule has 0 spiro atoms. The van der Waals surface area contributed by atoms with Crippen molar-refractivity contribution < 1.29 is 14.3 Å². The van der Waals surface area contributed by atoms with Crippen LogP contribution in [0.3, 0.4) is 0 Å². The summed E-state index contributed by atoms with van der Waals surface area (Å²) in [4.78, 5) is 12.3. The summed E-state index contributed by atoms with van der Waals surface area (Å²) in [7, 11) is 0. The fraction of sp³-hybridized carbons (Fsp3) is 0.533. The molecule has 2 rings (SSSR count). The third-order valence-corrected chi connectivity index (χ3v) is 4.28. The van der Waals surface area contributed by atoms with Gasteiger partial charge in [0.15, 0.2) is 0 Å². The molecule has 20 heavy (non-hydrogen) atoms. The summed E-state index contributed by atoms with van der Waals surface area (Å²) in [6.45, 7) is 1.95. The lowest BCUT2D eigenvalue weighted by molar-refractivity contribution is 0.0694. The van der Waals surface area contributed by atoms with Crippen molar-refractivity contribution in [3.63, 3.8) is 0 Å². The highest BCUT2D eigenvalue weighted by molar-refractivity contribution is 6.33. The minimum atomic E-state index is -0.666. The number of carbonyl (C=O) groups is 1. The van der Waals surface area contributed by atoms with Gasteiger partial charge in [-0.3, -0.25) is 4.79 Å². The predicted octanol–water partition coefficient (Wildman–Crippen LogP) is 3.15. The van der Waals surface area contributed by atoms with Crippen LogP contribution >= 0.6 is 11.6 Å². The first-order chi connectivity index (χ1) is 9.47. The van der Waals surface area contributed by atoms with Crippen molar-refractivity contribution in [2.45, 2.75) is 38.1 Å². The van der Waals surface area contributed by atoms with E-state index in [1.165, 1.54) is 18.2 Å². The van der Waals surface area contributed by atoms with Gasteiger partial charge in [-0.15, -0.1) is 0 Å². The fourth-order valence-corrected chi connectivity index (χ4v) is 3.22. The average Bonchev–Trinajstić information content (AvgIpc) is 2.38. The van der Waals surface area contributed by atoms with Gasteiger partial charge in [0, 0.05) is 0 Å². The number of carbonyl (C=O) groups excluding carboxylic acids is 1. The van der Waals surface area contributed by atoms with Crippen LogP contribution in [-0.4, -0.2) is 23.2 Å². The van der Waals surface area contributed by atoms with E-state index in [4.69, 9.17) is 11.6 Å². The first-order valence-corrected chi connectivity index (χ1v) is 7.22. The summed E-state index contributed by atoms with van der Waals surface area (Å²) in [6, 6.07) is 4.14. The Morgan fingerprint density at radius 3 is 2.95 bits per heavy atom. The van der Waals surface area contributed by atoms with Crippen LogP contribution in [0.25, 0.3) is 0 Å². The Bertz CT molecular complexity index is 488. The fourth-order valence-electron chi connectivity index (χ4n) is 2.97. The number of aliphatic hydroxyl groups excluding tert-OH is 1. The molecule has 1 amide bonds. The van der Waals surface area contributed by atoms with Gasteiger partial charge in [0.05, 0.1) is 22.7 Å². The van der Waals surface area contributed by atoms with Crippen LogP contribution in [0.5, 0.6) is 0 Å². The highest BCUT2D eigenvalue weighted by atomic mass is 35.5. The molecule has 1 aromatic carbocycles. The third kappa shape index (κ3) is 3.13. The molecule has 2 unspecified atom stereocenters. The number of benzene rings is 1. The number of aliphatic hydroxyl groups is 1. The van der Waals surface area contributed by atoms with Crippen molar-refractivity contribution in [3.05, 3.63) is 34.6 Å². The molecule has 0 bridgehead atoms. The number of rotatable bonds is 3. The van der Waals surface area contributed by atoms with Crippen LogP contribution in [0.4, 0.5) is 4.39 Å². The van der Waals surface area contributed by atoms with Crippen LogP contribution in [-0.2, 0) is 0 Å². The molecular weight excluding hydrogens is 281 g/mol. The van der Waals surface area contributed by atoms with E-state index in [1.807, 2.05) is 0 Å². The maximum Gasteiger partial charge on any atom is 0.256 e. The zero-order valence-corrected chi connectivity index (χ0v) is 12.2. The Hall–Kier alpha value is -1.13. The predicted molar refractivity (Wildman–Crippen MR) is 76.3 cm³/mol. The Morgan fingerprint density at radius 2 is 2.35 bits per heavy atom. The van der Waals surface area contributed by atoms with E-state index in [-0.39, 0.29) is 17.2 Å². The maximum atomic E-state index is 13.8. The first-order valence-electron chi connectivity index (χ1n) is 6.85. The Labute approximate surface area is 123 Å². The molecule has 110 valence electrons. The quantitative estimate of drug-likeness (QED) is 0.901. The average molecular weight is 300 g/mol. The second-order valence-corrected chi connectivity index (χ2v) is 6.10. The van der Waals surface area contributed by atoms with Crippen LogP contribution in [0.2, 0.25) is 5.02 Å². The van der Waals surface area contributed by atoms with Crippen LogP contribution in [0.15, 0.2) is 18.2 Å². The smallest absolute Gasteiger partial charge is 0.256 e. The molecule has 5 heteroatoms. The number of amides is 1. The second-order valence-electron chi connectivity index (χ2n) is 5.69. The van der Waals surface area contributed by atoms with E-state index in [9.17, 15) is 14.3 Å². The normalized spacial score (nSPS) is 26.3. The van der Waals surface area contributed by atoms with Crippen molar-refractivity contribution in [2.75, 3.05) is 6.61 Å². The van der Waals surface area contributed by atoms with Gasteiger partial charge in [-0.1, -0.05) is 37.4 Å². The number of hydrogen-bond donors (Lipinski definition) is 2. The summed E-state index contributed by atoms with van der Waals surface area (Å²) in [6.07, 6.45) is 3.41. The number of halogens is 2. The molecule has 3 nitrogen and oxygen atoms in total. The van der Waals surface area contributed by atoms with Gasteiger partial charge in [0.25, 0.3) is 5.91 Å². The lowest BCUT2D eigenvalue weighted by Crippen LogP contribution is -2.54. The van der Waals surface area contributed by atoms with Crippen molar-refractivity contribution >= 4 is 17.5 Å². The number of hydrogen-bond acceptors (Lipinski definition) is 2. The molecule has 0 heterocycles. The highest BCUT2D eigenvalue weighted by Crippen LogP contribution is 2.32. The Morgan fingerprint density at radius 1 is 1.60 bits per heavy atom. The van der Waals surface area contributed by atoms with Crippen LogP contribution in [0, 0.1) is 11.7 Å². The third-order valence-electron chi connectivity index (χ3n) is 3.96. The zero-order chi connectivity index (χ0) is 14.8. The molecule has 0 aliphatic heterocycles. The molecule has 1 saturated carbocycles. The minimum absolute atomic E-state index is 0.0828. The van der Waals surface area contributed by atoms with E-state index >= 15 is 0 Å². The lowest BCUT2D eigenvalue weighted by Gasteiger charge is -2.39. The van der Waals surface area contributed by atoms with Crippen molar-refractivity contribution in [2.24, 2.45) is 5.92 Å². The minimum Gasteiger partial charge on any atom is -0.394 e.